The molecule has 4 aromatic rings. The number of benzene rings is 2. The molecular weight excluding hydrogens is 561 g/mol. The maximum absolute atomic E-state index is 16.3. The third-order valence-electron chi connectivity index (χ3n) is 7.46. The van der Waals surface area contributed by atoms with Crippen molar-refractivity contribution in [3.05, 3.63) is 89.3 Å². The fraction of sp³-hybridized carbons (Fsp3) is 0.364. The first-order valence-electron chi connectivity index (χ1n) is 14.8. The topological polar surface area (TPSA) is 118 Å². The third-order valence-corrected chi connectivity index (χ3v) is 7.46. The van der Waals surface area contributed by atoms with Crippen LogP contribution in [0.25, 0.3) is 11.4 Å². The van der Waals surface area contributed by atoms with Gasteiger partial charge in [0.2, 0.25) is 17.6 Å². The van der Waals surface area contributed by atoms with E-state index in [9.17, 15) is 4.79 Å². The molecule has 1 amide bonds. The fourth-order valence-corrected chi connectivity index (χ4v) is 5.00. The number of rotatable bonds is 12. The second-order valence-corrected chi connectivity index (χ2v) is 11.1. The second-order valence-electron chi connectivity index (χ2n) is 11.1. The summed E-state index contributed by atoms with van der Waals surface area (Å²) in [5.74, 6) is 0.486. The zero-order chi connectivity index (χ0) is 31.1. The minimum atomic E-state index is -0.798. The van der Waals surface area contributed by atoms with E-state index in [1.807, 2.05) is 74.4 Å². The van der Waals surface area contributed by atoms with Crippen molar-refractivity contribution >= 4 is 17.4 Å². The molecule has 11 heteroatoms. The van der Waals surface area contributed by atoms with E-state index in [4.69, 9.17) is 14.3 Å². The van der Waals surface area contributed by atoms with Gasteiger partial charge in [0.25, 0.3) is 0 Å². The summed E-state index contributed by atoms with van der Waals surface area (Å²) >= 11 is 0. The largest absolute Gasteiger partial charge is 0.489 e. The Morgan fingerprint density at radius 3 is 2.68 bits per heavy atom. The van der Waals surface area contributed by atoms with Crippen LogP contribution in [0.2, 0.25) is 0 Å². The van der Waals surface area contributed by atoms with Crippen molar-refractivity contribution in [1.29, 1.82) is 0 Å². The molecule has 230 valence electrons. The number of hydrogen-bond donors (Lipinski definition) is 2. The summed E-state index contributed by atoms with van der Waals surface area (Å²) < 4.78 is 27.3. The molecule has 0 bridgehead atoms. The van der Waals surface area contributed by atoms with Crippen LogP contribution in [0.5, 0.6) is 5.75 Å². The predicted molar refractivity (Wildman–Crippen MR) is 167 cm³/mol. The molecule has 0 spiro atoms. The minimum absolute atomic E-state index is 0.170. The summed E-state index contributed by atoms with van der Waals surface area (Å²) in [7, 11) is 3.87. The highest BCUT2D eigenvalue weighted by Gasteiger charge is 2.30. The summed E-state index contributed by atoms with van der Waals surface area (Å²) in [5, 5.41) is 10.4. The van der Waals surface area contributed by atoms with Crippen molar-refractivity contribution in [3.63, 3.8) is 0 Å². The van der Waals surface area contributed by atoms with Crippen LogP contribution in [-0.4, -0.2) is 65.6 Å². The number of aliphatic imine (C=N–C) groups is 1. The van der Waals surface area contributed by atoms with Gasteiger partial charge in [-0.1, -0.05) is 24.2 Å². The van der Waals surface area contributed by atoms with Gasteiger partial charge >= 0.3 is 0 Å². The number of halogens is 1. The Kier molecular flexibility index (Phi) is 9.96. The number of anilines is 1. The maximum atomic E-state index is 16.3. The number of nitrogens with zero attached hydrogens (tertiary/aromatic N) is 5. The summed E-state index contributed by atoms with van der Waals surface area (Å²) in [6.45, 7) is 5.12. The lowest BCUT2D eigenvalue weighted by Gasteiger charge is -2.25. The number of amides is 1. The first kappa shape index (κ1) is 30.8. The molecule has 44 heavy (non-hydrogen) atoms. The summed E-state index contributed by atoms with van der Waals surface area (Å²) in [4.78, 5) is 28.9. The molecule has 5 rings (SSSR count). The number of nitrogens with one attached hydrogen (secondary N) is 2. The minimum Gasteiger partial charge on any atom is -0.489 e. The molecular formula is C33H38FN7O3. The molecule has 0 saturated heterocycles. The number of aromatic nitrogens is 3. The summed E-state index contributed by atoms with van der Waals surface area (Å²) in [6.07, 6.45) is 3.44. The zero-order valence-corrected chi connectivity index (χ0v) is 25.5. The molecule has 3 heterocycles. The lowest BCUT2D eigenvalue weighted by atomic mass is 9.97. The van der Waals surface area contributed by atoms with Crippen molar-refractivity contribution < 1.29 is 18.4 Å². The number of amidine groups is 1. The van der Waals surface area contributed by atoms with Gasteiger partial charge in [0, 0.05) is 61.1 Å². The average Bonchev–Trinajstić information content (AvgIpc) is 3.38. The lowest BCUT2D eigenvalue weighted by molar-refractivity contribution is -0.123. The van der Waals surface area contributed by atoms with Crippen LogP contribution in [0, 0.1) is 18.7 Å². The molecule has 0 saturated carbocycles. The Hall–Kier alpha value is -4.64. The summed E-state index contributed by atoms with van der Waals surface area (Å²) in [5.41, 5.74) is 3.55. The van der Waals surface area contributed by atoms with E-state index in [-0.39, 0.29) is 17.6 Å². The van der Waals surface area contributed by atoms with Crippen molar-refractivity contribution in [2.24, 2.45) is 10.9 Å². The Balaban J connectivity index is 1.47. The first-order chi connectivity index (χ1) is 21.3. The van der Waals surface area contributed by atoms with Crippen LogP contribution < -0.4 is 15.4 Å². The lowest BCUT2D eigenvalue weighted by Crippen LogP contribution is -2.40. The second kappa shape index (κ2) is 14.2. The molecule has 1 aliphatic heterocycles. The molecule has 2 N–H and O–H groups in total. The van der Waals surface area contributed by atoms with E-state index >= 15 is 4.39 Å². The first-order valence-corrected chi connectivity index (χ1v) is 14.8. The van der Waals surface area contributed by atoms with Crippen LogP contribution in [0.1, 0.15) is 42.1 Å². The van der Waals surface area contributed by atoms with Gasteiger partial charge in [0.05, 0.1) is 0 Å². The smallest absolute Gasteiger partial charge is 0.228 e. The van der Waals surface area contributed by atoms with Crippen LogP contribution in [0.3, 0.4) is 0 Å². The van der Waals surface area contributed by atoms with Crippen molar-refractivity contribution in [3.8, 4) is 17.1 Å². The van der Waals surface area contributed by atoms with E-state index in [1.54, 1.807) is 19.2 Å². The number of aryl methyl sites for hydroxylation is 2. The van der Waals surface area contributed by atoms with Crippen LogP contribution in [0.15, 0.2) is 70.3 Å². The van der Waals surface area contributed by atoms with Gasteiger partial charge < -0.3 is 24.8 Å². The van der Waals surface area contributed by atoms with Gasteiger partial charge in [-0.15, -0.1) is 0 Å². The van der Waals surface area contributed by atoms with Crippen molar-refractivity contribution in [2.45, 2.75) is 39.2 Å². The van der Waals surface area contributed by atoms with Gasteiger partial charge in [-0.2, -0.15) is 4.98 Å². The number of carbonyl (C=O) groups excluding carboxylic acids is 1. The SMILES string of the molecule is CCc1cc(OCCN(C)C)c(F)c(C(Nc2ccc(-c3noc(C)n3)cc2)C2=NCCC(Cc3ccccn3)C(=O)N2)c1. The van der Waals surface area contributed by atoms with Crippen molar-refractivity contribution in [1.82, 2.24) is 25.3 Å². The highest BCUT2D eigenvalue weighted by Crippen LogP contribution is 2.32. The Bertz CT molecular complexity index is 1590. The molecule has 2 aromatic carbocycles. The number of likely N-dealkylation sites (N-methyl/N-ethyl adjacent to an activating group) is 1. The molecule has 2 aromatic heterocycles. The molecule has 0 aliphatic carbocycles. The average molecular weight is 600 g/mol. The van der Waals surface area contributed by atoms with Gasteiger partial charge in [0.15, 0.2) is 11.6 Å². The molecule has 0 radical (unpaired) electrons. The number of hydrogen-bond acceptors (Lipinski definition) is 9. The van der Waals surface area contributed by atoms with E-state index < -0.39 is 11.9 Å². The van der Waals surface area contributed by atoms with Gasteiger partial charge in [-0.05, 0) is 75.0 Å². The van der Waals surface area contributed by atoms with E-state index in [2.05, 4.69) is 25.8 Å². The van der Waals surface area contributed by atoms with Gasteiger partial charge in [-0.3, -0.25) is 14.8 Å². The number of carbonyl (C=O) groups is 1. The van der Waals surface area contributed by atoms with Crippen LogP contribution in [0.4, 0.5) is 10.1 Å². The highest BCUT2D eigenvalue weighted by atomic mass is 19.1. The standard InChI is InChI=1S/C33H38FN7O3/c1-5-22-18-27(29(34)28(19-22)43-17-16-41(3)4)30(38-25-11-9-23(10-12-25)31-37-21(2)44-40-31)32-36-15-13-24(33(42)39-32)20-26-8-6-7-14-35-26/h6-12,14,18-19,24,30,38H,5,13,15-17,20H2,1-4H3,(H,36,39,42). The van der Waals surface area contributed by atoms with Gasteiger partial charge in [0.1, 0.15) is 18.5 Å². The predicted octanol–water partition coefficient (Wildman–Crippen LogP) is 5.01. The monoisotopic (exact) mass is 599 g/mol. The highest BCUT2D eigenvalue weighted by molar-refractivity contribution is 6.04. The third kappa shape index (κ3) is 7.65. The summed E-state index contributed by atoms with van der Waals surface area (Å²) in [6, 6.07) is 15.8. The fourth-order valence-electron chi connectivity index (χ4n) is 5.00. The Morgan fingerprint density at radius 1 is 1.18 bits per heavy atom. The normalized spacial score (nSPS) is 15.8. The zero-order valence-electron chi connectivity index (χ0n) is 25.5. The van der Waals surface area contributed by atoms with Gasteiger partial charge in [-0.25, -0.2) is 4.39 Å². The number of pyridine rings is 1. The van der Waals surface area contributed by atoms with E-state index in [0.717, 1.165) is 16.8 Å². The molecule has 10 nitrogen and oxygen atoms in total. The number of ether oxygens (including phenoxy) is 1. The quantitative estimate of drug-likeness (QED) is 0.233. The molecule has 2 atom stereocenters. The maximum Gasteiger partial charge on any atom is 0.228 e. The van der Waals surface area contributed by atoms with Crippen molar-refractivity contribution in [2.75, 3.05) is 39.1 Å². The molecule has 0 fully saturated rings. The molecule has 1 aliphatic rings. The Morgan fingerprint density at radius 2 is 2.00 bits per heavy atom. The van der Waals surface area contributed by atoms with E-state index in [0.29, 0.717) is 67.8 Å². The van der Waals surface area contributed by atoms with Crippen LogP contribution in [-0.2, 0) is 17.6 Å². The Labute approximate surface area is 256 Å². The molecule has 2 unspecified atom stereocenters. The van der Waals surface area contributed by atoms with Crippen LogP contribution >= 0.6 is 0 Å². The van der Waals surface area contributed by atoms with E-state index in [1.165, 1.54) is 0 Å².